The van der Waals surface area contributed by atoms with Crippen LogP contribution in [0.2, 0.25) is 0 Å². The number of hydrazone groups is 1. The second-order valence-electron chi connectivity index (χ2n) is 8.13. The molecule has 1 aliphatic rings. The summed E-state index contributed by atoms with van der Waals surface area (Å²) in [6.07, 6.45) is 3.57. The fourth-order valence-electron chi connectivity index (χ4n) is 3.81. The SMILES string of the molecule is Cc1ccc(C2=NN(C(=O)COc3ccc(NC(=O)c4ccco4)cc3)C(c3ccco3)C2)cc1. The molecule has 2 aromatic carbocycles. The van der Waals surface area contributed by atoms with E-state index in [9.17, 15) is 9.59 Å². The predicted molar refractivity (Wildman–Crippen MR) is 129 cm³/mol. The number of nitrogens with zero attached hydrogens (tertiary/aromatic N) is 2. The van der Waals surface area contributed by atoms with Gasteiger partial charge in [0.2, 0.25) is 0 Å². The van der Waals surface area contributed by atoms with Gasteiger partial charge in [-0.2, -0.15) is 5.10 Å². The zero-order chi connectivity index (χ0) is 24.2. The Morgan fingerprint density at radius 1 is 1.00 bits per heavy atom. The minimum Gasteiger partial charge on any atom is -0.484 e. The standard InChI is InChI=1S/C27H23N3O5/c1-18-6-8-19(9-7-18)22-16-23(24-4-2-14-33-24)30(29-22)26(31)17-35-21-12-10-20(11-13-21)28-27(32)25-5-3-15-34-25/h2-15,23H,16-17H2,1H3,(H,28,32). The molecule has 0 bridgehead atoms. The van der Waals surface area contributed by atoms with Gasteiger partial charge in [-0.3, -0.25) is 9.59 Å². The van der Waals surface area contributed by atoms with E-state index in [-0.39, 0.29) is 30.2 Å². The van der Waals surface area contributed by atoms with E-state index in [1.165, 1.54) is 11.3 Å². The van der Waals surface area contributed by atoms with Crippen LogP contribution in [-0.4, -0.2) is 29.1 Å². The van der Waals surface area contributed by atoms with Crippen LogP contribution >= 0.6 is 0 Å². The number of nitrogens with one attached hydrogen (secondary N) is 1. The van der Waals surface area contributed by atoms with Gasteiger partial charge in [0.15, 0.2) is 12.4 Å². The molecule has 1 aliphatic heterocycles. The number of rotatable bonds is 7. The van der Waals surface area contributed by atoms with Crippen LogP contribution in [0.25, 0.3) is 0 Å². The third-order valence-corrected chi connectivity index (χ3v) is 5.64. The minimum absolute atomic E-state index is 0.194. The minimum atomic E-state index is -0.348. The van der Waals surface area contributed by atoms with E-state index < -0.39 is 0 Å². The zero-order valence-electron chi connectivity index (χ0n) is 19.0. The van der Waals surface area contributed by atoms with Crippen molar-refractivity contribution in [3.8, 4) is 5.75 Å². The van der Waals surface area contributed by atoms with E-state index in [4.69, 9.17) is 13.6 Å². The van der Waals surface area contributed by atoms with Gasteiger partial charge in [-0.1, -0.05) is 29.8 Å². The molecule has 0 saturated carbocycles. The van der Waals surface area contributed by atoms with Gasteiger partial charge in [0, 0.05) is 12.1 Å². The average Bonchev–Trinajstić information content (AvgIpc) is 3.65. The molecule has 0 aliphatic carbocycles. The van der Waals surface area contributed by atoms with Crippen molar-refractivity contribution in [2.75, 3.05) is 11.9 Å². The Hall–Kier alpha value is -4.59. The summed E-state index contributed by atoms with van der Waals surface area (Å²) < 4.78 is 16.4. The summed E-state index contributed by atoms with van der Waals surface area (Å²) in [5.41, 5.74) is 3.52. The van der Waals surface area contributed by atoms with Crippen LogP contribution in [0.15, 0.2) is 99.3 Å². The molecule has 1 atom stereocenters. The van der Waals surface area contributed by atoms with Crippen molar-refractivity contribution in [1.29, 1.82) is 0 Å². The van der Waals surface area contributed by atoms with E-state index >= 15 is 0 Å². The van der Waals surface area contributed by atoms with E-state index in [1.807, 2.05) is 37.3 Å². The average molecular weight is 469 g/mol. The van der Waals surface area contributed by atoms with Crippen LogP contribution in [0.4, 0.5) is 5.69 Å². The molecule has 35 heavy (non-hydrogen) atoms. The Kier molecular flexibility index (Phi) is 6.17. The molecule has 3 heterocycles. The monoisotopic (exact) mass is 469 g/mol. The fraction of sp³-hybridized carbons (Fsp3) is 0.148. The third-order valence-electron chi connectivity index (χ3n) is 5.64. The summed E-state index contributed by atoms with van der Waals surface area (Å²) in [6.45, 7) is 1.83. The molecule has 8 heteroatoms. The Balaban J connectivity index is 1.25. The Morgan fingerprint density at radius 3 is 2.43 bits per heavy atom. The van der Waals surface area contributed by atoms with Crippen LogP contribution in [0.3, 0.4) is 0 Å². The van der Waals surface area contributed by atoms with Crippen molar-refractivity contribution in [1.82, 2.24) is 5.01 Å². The van der Waals surface area contributed by atoms with Crippen molar-refractivity contribution in [3.05, 3.63) is 108 Å². The number of amides is 2. The molecular weight excluding hydrogens is 446 g/mol. The van der Waals surface area contributed by atoms with Crippen LogP contribution < -0.4 is 10.1 Å². The number of aryl methyl sites for hydroxylation is 1. The smallest absolute Gasteiger partial charge is 0.291 e. The number of hydrogen-bond acceptors (Lipinski definition) is 6. The van der Waals surface area contributed by atoms with Gasteiger partial charge in [-0.25, -0.2) is 5.01 Å². The van der Waals surface area contributed by atoms with Gasteiger partial charge >= 0.3 is 0 Å². The molecule has 2 aromatic heterocycles. The Labute approximate surface area is 201 Å². The highest BCUT2D eigenvalue weighted by Gasteiger charge is 2.35. The third kappa shape index (κ3) is 5.01. The topological polar surface area (TPSA) is 97.3 Å². The first-order valence-corrected chi connectivity index (χ1v) is 11.1. The lowest BCUT2D eigenvalue weighted by Crippen LogP contribution is -2.31. The predicted octanol–water partition coefficient (Wildman–Crippen LogP) is 5.19. The molecule has 5 rings (SSSR count). The van der Waals surface area contributed by atoms with Crippen LogP contribution in [0, 0.1) is 6.92 Å². The second-order valence-corrected chi connectivity index (χ2v) is 8.13. The summed E-state index contributed by atoms with van der Waals surface area (Å²) in [6, 6.07) is 21.3. The van der Waals surface area contributed by atoms with E-state index in [2.05, 4.69) is 10.4 Å². The molecule has 176 valence electrons. The van der Waals surface area contributed by atoms with Crippen LogP contribution in [-0.2, 0) is 4.79 Å². The fourth-order valence-corrected chi connectivity index (χ4v) is 3.81. The van der Waals surface area contributed by atoms with Gasteiger partial charge in [-0.15, -0.1) is 0 Å². The summed E-state index contributed by atoms with van der Waals surface area (Å²) >= 11 is 0. The Bertz CT molecular complexity index is 1320. The number of furan rings is 2. The molecule has 0 fully saturated rings. The van der Waals surface area contributed by atoms with Gasteiger partial charge in [0.1, 0.15) is 17.6 Å². The molecule has 1 unspecified atom stereocenters. The summed E-state index contributed by atoms with van der Waals surface area (Å²) in [4.78, 5) is 25.2. The maximum absolute atomic E-state index is 13.1. The highest BCUT2D eigenvalue weighted by molar-refractivity contribution is 6.03. The summed E-state index contributed by atoms with van der Waals surface area (Å²) in [5, 5.41) is 8.78. The number of carbonyl (C=O) groups is 2. The van der Waals surface area contributed by atoms with E-state index in [1.54, 1.807) is 48.7 Å². The number of benzene rings is 2. The molecule has 1 N–H and O–H groups in total. The van der Waals surface area contributed by atoms with Gasteiger partial charge < -0.3 is 18.9 Å². The van der Waals surface area contributed by atoms with Crippen LogP contribution in [0.5, 0.6) is 5.75 Å². The number of anilines is 1. The zero-order valence-corrected chi connectivity index (χ0v) is 19.0. The molecule has 0 saturated heterocycles. The first-order valence-electron chi connectivity index (χ1n) is 11.1. The molecule has 0 radical (unpaired) electrons. The van der Waals surface area contributed by atoms with Crippen molar-refractivity contribution < 1.29 is 23.2 Å². The first-order chi connectivity index (χ1) is 17.1. The highest BCUT2D eigenvalue weighted by Crippen LogP contribution is 2.33. The number of hydrogen-bond donors (Lipinski definition) is 1. The molecule has 2 amide bonds. The van der Waals surface area contributed by atoms with Gasteiger partial charge in [-0.05, 0) is 61.0 Å². The highest BCUT2D eigenvalue weighted by atomic mass is 16.5. The molecule has 0 spiro atoms. The van der Waals surface area contributed by atoms with E-state index in [0.29, 0.717) is 23.6 Å². The van der Waals surface area contributed by atoms with E-state index in [0.717, 1.165) is 16.8 Å². The van der Waals surface area contributed by atoms with Gasteiger partial charge in [0.25, 0.3) is 11.8 Å². The first kappa shape index (κ1) is 22.2. The molecular formula is C27H23N3O5. The van der Waals surface area contributed by atoms with Crippen molar-refractivity contribution in [2.45, 2.75) is 19.4 Å². The molecule has 4 aromatic rings. The van der Waals surface area contributed by atoms with Crippen LogP contribution in [0.1, 0.15) is 39.9 Å². The number of ether oxygens (including phenoxy) is 1. The van der Waals surface area contributed by atoms with Crippen molar-refractivity contribution >= 4 is 23.2 Å². The van der Waals surface area contributed by atoms with Gasteiger partial charge in [0.05, 0.1) is 18.2 Å². The summed E-state index contributed by atoms with van der Waals surface area (Å²) in [5.74, 6) is 0.743. The summed E-state index contributed by atoms with van der Waals surface area (Å²) in [7, 11) is 0. The quantitative estimate of drug-likeness (QED) is 0.402. The van der Waals surface area contributed by atoms with Crippen molar-refractivity contribution in [3.63, 3.8) is 0 Å². The number of carbonyl (C=O) groups excluding carboxylic acids is 2. The van der Waals surface area contributed by atoms with Crippen molar-refractivity contribution in [2.24, 2.45) is 5.10 Å². The maximum atomic E-state index is 13.1. The lowest BCUT2D eigenvalue weighted by molar-refractivity contribution is -0.135. The Morgan fingerprint density at radius 2 is 1.74 bits per heavy atom. The lowest BCUT2D eigenvalue weighted by atomic mass is 10.0. The lowest BCUT2D eigenvalue weighted by Gasteiger charge is -2.20. The maximum Gasteiger partial charge on any atom is 0.291 e. The largest absolute Gasteiger partial charge is 0.484 e. The normalized spacial score (nSPS) is 15.1. The second kappa shape index (κ2) is 9.72. The molecule has 8 nitrogen and oxygen atoms in total.